The summed E-state index contributed by atoms with van der Waals surface area (Å²) in [4.78, 5) is 0. The second-order valence-electron chi connectivity index (χ2n) is 7.05. The van der Waals surface area contributed by atoms with Crippen LogP contribution in [-0.2, 0) is 17.7 Å². The van der Waals surface area contributed by atoms with E-state index < -0.39 is 69.7 Å². The minimum absolute atomic E-state index is 0.338. The second kappa shape index (κ2) is 11.4. The van der Waals surface area contributed by atoms with Crippen LogP contribution in [0.15, 0.2) is 0 Å². The van der Waals surface area contributed by atoms with Gasteiger partial charge in [0, 0.05) is 32.8 Å². The van der Waals surface area contributed by atoms with Crippen molar-refractivity contribution in [1.82, 2.24) is 0 Å². The standard InChI is InChI=1S/C16H19F17O4Si/c1-4-34-38(35-5-2,36-6-3)37-8-7-9(17,18)10(19,20)11(21,22)12(23,24)13(25,26)14(27,28)15(29,30)16(31,32)33/h4-8H2,1-3H3. The predicted molar refractivity (Wildman–Crippen MR) is 91.9 cm³/mol. The summed E-state index contributed by atoms with van der Waals surface area (Å²) in [6, 6.07) is 0. The van der Waals surface area contributed by atoms with Crippen LogP contribution in [-0.4, -0.2) is 83.1 Å². The molecule has 0 aliphatic carbocycles. The van der Waals surface area contributed by atoms with Gasteiger partial charge in [-0.1, -0.05) is 0 Å². The molecule has 0 saturated carbocycles. The summed E-state index contributed by atoms with van der Waals surface area (Å²) in [6.07, 6.45) is -10.6. The van der Waals surface area contributed by atoms with Crippen LogP contribution in [0.5, 0.6) is 0 Å². The third-order valence-electron chi connectivity index (χ3n) is 4.45. The maximum absolute atomic E-state index is 14.0. The Morgan fingerprint density at radius 1 is 0.421 bits per heavy atom. The number of rotatable bonds is 16. The molecule has 0 aromatic heterocycles. The van der Waals surface area contributed by atoms with Gasteiger partial charge in [0.05, 0.1) is 0 Å². The SMILES string of the molecule is CCO[Si](OCC)(OCC)OCCC(F)(F)C(F)(F)C(F)(F)C(F)(F)C(F)(F)C(F)(F)C(F)(F)C(F)(F)F. The van der Waals surface area contributed by atoms with Crippen LogP contribution in [0.1, 0.15) is 27.2 Å². The molecular formula is C16H19F17O4Si. The van der Waals surface area contributed by atoms with E-state index in [1.54, 1.807) is 0 Å². The summed E-state index contributed by atoms with van der Waals surface area (Å²) in [5.41, 5.74) is 0. The van der Waals surface area contributed by atoms with Crippen LogP contribution in [0.25, 0.3) is 0 Å². The molecule has 0 spiro atoms. The van der Waals surface area contributed by atoms with E-state index in [4.69, 9.17) is 13.3 Å². The number of alkyl halides is 17. The van der Waals surface area contributed by atoms with Crippen LogP contribution < -0.4 is 0 Å². The zero-order valence-electron chi connectivity index (χ0n) is 19.1. The maximum Gasteiger partial charge on any atom is 0.679 e. The van der Waals surface area contributed by atoms with Gasteiger partial charge in [-0.05, 0) is 20.8 Å². The van der Waals surface area contributed by atoms with Crippen molar-refractivity contribution in [1.29, 1.82) is 0 Å². The first-order chi connectivity index (χ1) is 16.6. The Morgan fingerprint density at radius 3 is 1.00 bits per heavy atom. The second-order valence-corrected chi connectivity index (χ2v) is 9.20. The molecule has 22 heteroatoms. The van der Waals surface area contributed by atoms with E-state index in [0.29, 0.717) is 0 Å². The molecule has 0 aromatic carbocycles. The zero-order chi connectivity index (χ0) is 30.9. The third kappa shape index (κ3) is 5.97. The molecule has 0 aliphatic heterocycles. The van der Waals surface area contributed by atoms with Gasteiger partial charge >= 0.3 is 56.7 Å². The molecule has 0 rings (SSSR count). The van der Waals surface area contributed by atoms with Crippen LogP contribution >= 0.6 is 0 Å². The molecule has 0 bridgehead atoms. The highest BCUT2D eigenvalue weighted by Crippen LogP contribution is 2.64. The van der Waals surface area contributed by atoms with Crippen molar-refractivity contribution in [3.63, 3.8) is 0 Å². The molecule has 0 fully saturated rings. The van der Waals surface area contributed by atoms with Gasteiger partial charge in [-0.2, -0.15) is 74.6 Å². The summed E-state index contributed by atoms with van der Waals surface area (Å²) in [7, 11) is -4.45. The molecular weight excluding hydrogens is 607 g/mol. The van der Waals surface area contributed by atoms with Crippen molar-refractivity contribution in [2.45, 2.75) is 74.8 Å². The lowest BCUT2D eigenvalue weighted by atomic mass is 9.88. The Labute approximate surface area is 203 Å². The van der Waals surface area contributed by atoms with Crippen LogP contribution in [0, 0.1) is 0 Å². The van der Waals surface area contributed by atoms with Gasteiger partial charge in [0.15, 0.2) is 0 Å². The summed E-state index contributed by atoms with van der Waals surface area (Å²) < 4.78 is 245. The molecule has 0 aromatic rings. The van der Waals surface area contributed by atoms with E-state index in [0.717, 1.165) is 0 Å². The molecule has 0 heterocycles. The molecule has 0 N–H and O–H groups in total. The van der Waals surface area contributed by atoms with Crippen LogP contribution in [0.2, 0.25) is 0 Å². The summed E-state index contributed by atoms with van der Waals surface area (Å²) in [5.74, 6) is -56.7. The summed E-state index contributed by atoms with van der Waals surface area (Å²) >= 11 is 0. The fourth-order valence-electron chi connectivity index (χ4n) is 2.44. The van der Waals surface area contributed by atoms with Crippen molar-refractivity contribution in [2.24, 2.45) is 0 Å². The zero-order valence-corrected chi connectivity index (χ0v) is 20.1. The molecule has 0 unspecified atom stereocenters. The van der Waals surface area contributed by atoms with Gasteiger partial charge in [-0.15, -0.1) is 0 Å². The topological polar surface area (TPSA) is 36.9 Å². The number of hydrogen-bond donors (Lipinski definition) is 0. The summed E-state index contributed by atoms with van der Waals surface area (Å²) in [5, 5.41) is 0. The van der Waals surface area contributed by atoms with Crippen molar-refractivity contribution >= 4 is 9.05 Å². The van der Waals surface area contributed by atoms with E-state index in [1.807, 2.05) is 0 Å². The molecule has 4 nitrogen and oxygen atoms in total. The first-order valence-electron chi connectivity index (χ1n) is 9.91. The van der Waals surface area contributed by atoms with E-state index in [1.165, 1.54) is 20.8 Å². The van der Waals surface area contributed by atoms with E-state index in [2.05, 4.69) is 4.43 Å². The minimum atomic E-state index is -8.67. The Bertz CT molecular complexity index is 755. The van der Waals surface area contributed by atoms with Crippen LogP contribution in [0.4, 0.5) is 74.6 Å². The molecule has 0 amide bonds. The quantitative estimate of drug-likeness (QED) is 0.137. The fraction of sp³-hybridized carbons (Fsp3) is 1.00. The van der Waals surface area contributed by atoms with Crippen molar-refractivity contribution in [3.8, 4) is 0 Å². The summed E-state index contributed by atoms with van der Waals surface area (Å²) in [6.45, 7) is 0.889. The number of hydrogen-bond acceptors (Lipinski definition) is 4. The van der Waals surface area contributed by atoms with E-state index in [9.17, 15) is 74.6 Å². The van der Waals surface area contributed by atoms with Gasteiger partial charge in [-0.3, -0.25) is 0 Å². The minimum Gasteiger partial charge on any atom is -0.351 e. The Balaban J connectivity index is 6.34. The monoisotopic (exact) mass is 626 g/mol. The molecule has 230 valence electrons. The van der Waals surface area contributed by atoms with Gasteiger partial charge in [0.1, 0.15) is 0 Å². The first-order valence-corrected chi connectivity index (χ1v) is 11.5. The van der Waals surface area contributed by atoms with Gasteiger partial charge in [-0.25, -0.2) is 0 Å². The first kappa shape index (κ1) is 36.9. The van der Waals surface area contributed by atoms with Crippen molar-refractivity contribution < 1.29 is 92.3 Å². The average molecular weight is 626 g/mol. The number of halogens is 17. The smallest absolute Gasteiger partial charge is 0.351 e. The predicted octanol–water partition coefficient (Wildman–Crippen LogP) is 6.95. The average Bonchev–Trinajstić information content (AvgIpc) is 2.72. The highest BCUT2D eigenvalue weighted by Gasteiger charge is 2.95. The highest BCUT2D eigenvalue weighted by atomic mass is 28.4. The van der Waals surface area contributed by atoms with Gasteiger partial charge in [0.2, 0.25) is 0 Å². The fourth-order valence-corrected chi connectivity index (χ4v) is 4.35. The van der Waals surface area contributed by atoms with Gasteiger partial charge < -0.3 is 17.7 Å². The molecule has 38 heavy (non-hydrogen) atoms. The lowest BCUT2D eigenvalue weighted by molar-refractivity contribution is -0.461. The Kier molecular flexibility index (Phi) is 11.1. The molecule has 0 atom stereocenters. The van der Waals surface area contributed by atoms with Gasteiger partial charge in [0.25, 0.3) is 0 Å². The van der Waals surface area contributed by atoms with Crippen LogP contribution in [0.3, 0.4) is 0 Å². The third-order valence-corrected chi connectivity index (χ3v) is 6.93. The molecule has 0 aliphatic rings. The molecule has 0 saturated heterocycles. The normalized spacial score (nSPS) is 15.8. The maximum atomic E-state index is 14.0. The van der Waals surface area contributed by atoms with E-state index >= 15 is 0 Å². The van der Waals surface area contributed by atoms with E-state index in [-0.39, 0.29) is 19.8 Å². The lowest BCUT2D eigenvalue weighted by Crippen LogP contribution is -2.74. The lowest BCUT2D eigenvalue weighted by Gasteiger charge is -2.42. The van der Waals surface area contributed by atoms with Crippen molar-refractivity contribution in [3.05, 3.63) is 0 Å². The Hall–Kier alpha value is -1.13. The Morgan fingerprint density at radius 2 is 0.711 bits per heavy atom. The largest absolute Gasteiger partial charge is 0.679 e. The highest BCUT2D eigenvalue weighted by molar-refractivity contribution is 6.53. The van der Waals surface area contributed by atoms with Crippen molar-refractivity contribution in [2.75, 3.05) is 26.4 Å². The molecule has 0 radical (unpaired) electrons.